The molecule has 9 heteroatoms. The SMILES string of the molecule is CCCCCCCCCCCCCCCCOP(=O)([O-])OCCCCCCCCCCCCCCCC.NCCCCC(N)C(=O)O. The summed E-state index contributed by atoms with van der Waals surface area (Å²) >= 11 is 0. The molecule has 0 spiro atoms. The third-order valence-corrected chi connectivity index (χ3v) is 9.78. The molecule has 0 aliphatic rings. The fraction of sp³-hybridized carbons (Fsp3) is 0.974. The van der Waals surface area contributed by atoms with E-state index in [0.717, 1.165) is 38.5 Å². The molecule has 0 saturated carbocycles. The molecular formula is C38H80N2O6P-. The molecule has 0 aromatic carbocycles. The van der Waals surface area contributed by atoms with Gasteiger partial charge in [-0.05, 0) is 32.2 Å². The minimum atomic E-state index is -4.12. The molecule has 47 heavy (non-hydrogen) atoms. The highest BCUT2D eigenvalue weighted by Gasteiger charge is 2.10. The number of carbonyl (C=O) groups is 1. The first-order valence-electron chi connectivity index (χ1n) is 20.1. The maximum absolute atomic E-state index is 11.9. The van der Waals surface area contributed by atoms with E-state index in [9.17, 15) is 14.3 Å². The summed E-state index contributed by atoms with van der Waals surface area (Å²) in [6.45, 7) is 5.67. The van der Waals surface area contributed by atoms with Gasteiger partial charge >= 0.3 is 5.97 Å². The third kappa shape index (κ3) is 43.5. The lowest BCUT2D eigenvalue weighted by atomic mass is 10.0. The summed E-state index contributed by atoms with van der Waals surface area (Å²) in [5.74, 6) is -0.933. The zero-order chi connectivity index (χ0) is 35.1. The maximum atomic E-state index is 11.9. The number of rotatable bonds is 37. The Morgan fingerprint density at radius 1 is 0.553 bits per heavy atom. The minimum Gasteiger partial charge on any atom is -0.756 e. The fourth-order valence-electron chi connectivity index (χ4n) is 5.62. The molecule has 0 heterocycles. The number of hydrogen-bond donors (Lipinski definition) is 3. The van der Waals surface area contributed by atoms with Gasteiger partial charge in [-0.15, -0.1) is 0 Å². The molecule has 0 radical (unpaired) electrons. The van der Waals surface area contributed by atoms with E-state index in [2.05, 4.69) is 13.8 Å². The zero-order valence-corrected chi connectivity index (χ0v) is 32.1. The average molecular weight is 692 g/mol. The molecule has 1 unspecified atom stereocenters. The molecule has 284 valence electrons. The molecule has 0 aliphatic carbocycles. The van der Waals surface area contributed by atoms with E-state index in [0.29, 0.717) is 13.0 Å². The van der Waals surface area contributed by atoms with Gasteiger partial charge in [-0.2, -0.15) is 0 Å². The molecule has 0 rings (SSSR count). The number of carboxylic acid groups (broad SMARTS) is 1. The van der Waals surface area contributed by atoms with Crippen molar-refractivity contribution in [3.63, 3.8) is 0 Å². The van der Waals surface area contributed by atoms with Crippen molar-refractivity contribution in [2.45, 2.75) is 219 Å². The lowest BCUT2D eigenvalue weighted by Crippen LogP contribution is -2.29. The van der Waals surface area contributed by atoms with Crippen LogP contribution in [0, 0.1) is 0 Å². The van der Waals surface area contributed by atoms with E-state index in [1.807, 2.05) is 0 Å². The van der Waals surface area contributed by atoms with Crippen LogP contribution < -0.4 is 16.4 Å². The molecule has 0 fully saturated rings. The number of aliphatic carboxylic acids is 1. The second kappa shape index (κ2) is 39.9. The predicted octanol–water partition coefficient (Wildman–Crippen LogP) is 11.0. The summed E-state index contributed by atoms with van der Waals surface area (Å²) in [4.78, 5) is 22.0. The average Bonchev–Trinajstić information content (AvgIpc) is 3.05. The van der Waals surface area contributed by atoms with E-state index < -0.39 is 19.8 Å². The van der Waals surface area contributed by atoms with Crippen molar-refractivity contribution in [1.29, 1.82) is 0 Å². The van der Waals surface area contributed by atoms with E-state index in [-0.39, 0.29) is 13.2 Å². The standard InChI is InChI=1S/C32H67O4P.C6H14N2O2/c1-3-5-7-9-11-13-15-17-19-21-23-25-27-29-31-35-37(33,34)36-32-30-28-26-24-22-20-18-16-14-12-10-8-6-4-2;7-4-2-1-3-5(8)6(9)10/h3-32H2,1-2H3,(H,33,34);5H,1-4,7-8H2,(H,9,10)/p-1. The zero-order valence-electron chi connectivity index (χ0n) is 31.2. The first-order valence-corrected chi connectivity index (χ1v) is 21.5. The predicted molar refractivity (Wildman–Crippen MR) is 199 cm³/mol. The second-order valence-corrected chi connectivity index (χ2v) is 14.9. The second-order valence-electron chi connectivity index (χ2n) is 13.5. The molecule has 8 nitrogen and oxygen atoms in total. The van der Waals surface area contributed by atoms with Crippen molar-refractivity contribution < 1.29 is 28.4 Å². The van der Waals surface area contributed by atoms with Gasteiger partial charge in [0.25, 0.3) is 7.82 Å². The van der Waals surface area contributed by atoms with E-state index in [4.69, 9.17) is 25.6 Å². The Labute approximate surface area is 291 Å². The molecule has 0 bridgehead atoms. The fourth-order valence-corrected chi connectivity index (χ4v) is 6.40. The Hall–Kier alpha value is -0.500. The van der Waals surface area contributed by atoms with E-state index in [1.165, 1.54) is 154 Å². The van der Waals surface area contributed by atoms with Crippen LogP contribution in [0.25, 0.3) is 0 Å². The number of phosphoric acid groups is 1. The molecule has 0 amide bonds. The van der Waals surface area contributed by atoms with Gasteiger partial charge in [0.05, 0.1) is 13.2 Å². The van der Waals surface area contributed by atoms with Gasteiger partial charge in [-0.1, -0.05) is 187 Å². The number of phosphoric ester groups is 1. The number of nitrogens with two attached hydrogens (primary N) is 2. The summed E-state index contributed by atoms with van der Waals surface area (Å²) in [6, 6.07) is -0.716. The van der Waals surface area contributed by atoms with Crippen LogP contribution in [0.1, 0.15) is 213 Å². The van der Waals surface area contributed by atoms with E-state index in [1.54, 1.807) is 0 Å². The van der Waals surface area contributed by atoms with Crippen LogP contribution in [0.2, 0.25) is 0 Å². The van der Waals surface area contributed by atoms with Gasteiger partial charge in [0.2, 0.25) is 0 Å². The number of hydrogen-bond acceptors (Lipinski definition) is 7. The lowest BCUT2D eigenvalue weighted by Gasteiger charge is -2.22. The molecular weight excluding hydrogens is 611 g/mol. The van der Waals surface area contributed by atoms with Gasteiger partial charge in [0, 0.05) is 0 Å². The molecule has 0 aliphatic heterocycles. The van der Waals surface area contributed by atoms with Crippen molar-refractivity contribution in [3.05, 3.63) is 0 Å². The molecule has 0 saturated heterocycles. The lowest BCUT2D eigenvalue weighted by molar-refractivity contribution is -0.225. The van der Waals surface area contributed by atoms with Crippen LogP contribution in [0.5, 0.6) is 0 Å². The molecule has 0 aromatic rings. The molecule has 1 atom stereocenters. The highest BCUT2D eigenvalue weighted by molar-refractivity contribution is 7.45. The normalized spacial score (nSPS) is 12.2. The summed E-state index contributed by atoms with van der Waals surface area (Å²) in [5, 5.41) is 8.33. The van der Waals surface area contributed by atoms with Crippen LogP contribution in [0.4, 0.5) is 0 Å². The van der Waals surface area contributed by atoms with Crippen molar-refractivity contribution in [2.75, 3.05) is 19.8 Å². The Morgan fingerprint density at radius 2 is 0.830 bits per heavy atom. The van der Waals surface area contributed by atoms with Gasteiger partial charge < -0.3 is 30.5 Å². The van der Waals surface area contributed by atoms with Gasteiger partial charge in [0.15, 0.2) is 0 Å². The summed E-state index contributed by atoms with van der Waals surface area (Å²) in [7, 11) is -4.12. The quantitative estimate of drug-likeness (QED) is 0.0430. The monoisotopic (exact) mass is 692 g/mol. The van der Waals surface area contributed by atoms with Crippen LogP contribution in [0.3, 0.4) is 0 Å². The van der Waals surface area contributed by atoms with Crippen molar-refractivity contribution in [3.8, 4) is 0 Å². The van der Waals surface area contributed by atoms with Crippen LogP contribution in [0.15, 0.2) is 0 Å². The van der Waals surface area contributed by atoms with Gasteiger partial charge in [0.1, 0.15) is 6.04 Å². The molecule has 0 aromatic heterocycles. The number of carboxylic acids is 1. The third-order valence-electron chi connectivity index (χ3n) is 8.78. The first kappa shape index (κ1) is 48.6. The Balaban J connectivity index is 0. The smallest absolute Gasteiger partial charge is 0.320 e. The Bertz CT molecular complexity index is 632. The first-order chi connectivity index (χ1) is 22.8. The Kier molecular flexibility index (Phi) is 41.3. The van der Waals surface area contributed by atoms with Gasteiger partial charge in [-0.25, -0.2) is 0 Å². The summed E-state index contributed by atoms with van der Waals surface area (Å²) < 4.78 is 21.9. The highest BCUT2D eigenvalue weighted by atomic mass is 31.2. The van der Waals surface area contributed by atoms with Crippen molar-refractivity contribution >= 4 is 13.8 Å². The van der Waals surface area contributed by atoms with E-state index >= 15 is 0 Å². The number of unbranched alkanes of at least 4 members (excludes halogenated alkanes) is 27. The highest BCUT2D eigenvalue weighted by Crippen LogP contribution is 2.38. The Morgan fingerprint density at radius 3 is 1.09 bits per heavy atom. The van der Waals surface area contributed by atoms with Gasteiger partial charge in [-0.3, -0.25) is 9.36 Å². The maximum Gasteiger partial charge on any atom is 0.320 e. The summed E-state index contributed by atoms with van der Waals surface area (Å²) in [5.41, 5.74) is 10.4. The minimum absolute atomic E-state index is 0.261. The van der Waals surface area contributed by atoms with Crippen LogP contribution in [-0.2, 0) is 18.4 Å². The molecule has 5 N–H and O–H groups in total. The van der Waals surface area contributed by atoms with Crippen LogP contribution >= 0.6 is 7.82 Å². The largest absolute Gasteiger partial charge is 0.756 e. The van der Waals surface area contributed by atoms with Crippen molar-refractivity contribution in [1.82, 2.24) is 0 Å². The summed E-state index contributed by atoms with van der Waals surface area (Å²) in [6.07, 6.45) is 38.2. The topological polar surface area (TPSA) is 148 Å². The van der Waals surface area contributed by atoms with Crippen molar-refractivity contribution in [2.24, 2.45) is 11.5 Å². The van der Waals surface area contributed by atoms with Crippen LogP contribution in [-0.4, -0.2) is 36.9 Å².